The van der Waals surface area contributed by atoms with E-state index in [0.717, 1.165) is 12.1 Å². The second kappa shape index (κ2) is 7.07. The molecule has 0 radical (unpaired) electrons. The summed E-state index contributed by atoms with van der Waals surface area (Å²) in [4.78, 5) is 42.3. The third-order valence-electron chi connectivity index (χ3n) is 4.32. The molecule has 1 N–H and O–H groups in total. The molecule has 1 aromatic carbocycles. The monoisotopic (exact) mass is 361 g/mol. The van der Waals surface area contributed by atoms with Crippen LogP contribution in [0.5, 0.6) is 0 Å². The molecule has 0 unspecified atom stereocenters. The van der Waals surface area contributed by atoms with Crippen LogP contribution < -0.4 is 5.43 Å². The third kappa shape index (κ3) is 3.35. The van der Waals surface area contributed by atoms with Gasteiger partial charge in [0.05, 0.1) is 0 Å². The molecular formula is C18H17F2N3O3. The van der Waals surface area contributed by atoms with Crippen molar-refractivity contribution in [1.82, 2.24) is 14.8 Å². The van der Waals surface area contributed by atoms with E-state index in [9.17, 15) is 23.2 Å². The number of pyridine rings is 1. The van der Waals surface area contributed by atoms with Crippen LogP contribution in [0.2, 0.25) is 0 Å². The molecular weight excluding hydrogens is 344 g/mol. The highest BCUT2D eigenvalue weighted by Gasteiger charge is 2.29. The van der Waals surface area contributed by atoms with Gasteiger partial charge in [0.15, 0.2) is 5.43 Å². The highest BCUT2D eigenvalue weighted by Crippen LogP contribution is 2.16. The van der Waals surface area contributed by atoms with E-state index in [1.165, 1.54) is 28.1 Å². The zero-order valence-electron chi connectivity index (χ0n) is 14.1. The zero-order valence-corrected chi connectivity index (χ0v) is 14.1. The summed E-state index contributed by atoms with van der Waals surface area (Å²) in [6, 6.07) is 4.59. The van der Waals surface area contributed by atoms with Crippen molar-refractivity contribution in [3.63, 3.8) is 0 Å². The maximum atomic E-state index is 13.8. The predicted molar refractivity (Wildman–Crippen MR) is 90.0 cm³/mol. The number of nitrogens with one attached hydrogen (secondary N) is 1. The molecule has 0 spiro atoms. The molecule has 1 aromatic heterocycles. The van der Waals surface area contributed by atoms with Gasteiger partial charge in [-0.25, -0.2) is 8.78 Å². The summed E-state index contributed by atoms with van der Waals surface area (Å²) in [6.07, 6.45) is 1.37. The molecule has 0 bridgehead atoms. The number of hydrogen-bond donors (Lipinski definition) is 1. The first-order valence-electron chi connectivity index (χ1n) is 8.10. The highest BCUT2D eigenvalue weighted by atomic mass is 19.1. The SMILES string of the molecule is Cc1cc(=O)c(C(=O)N2CCN(C(=O)c3c(F)cccc3F)CC2)c[nH]1. The maximum Gasteiger partial charge on any atom is 0.259 e. The fourth-order valence-corrected chi connectivity index (χ4v) is 2.88. The molecule has 3 rings (SSSR count). The molecule has 1 aliphatic heterocycles. The Bertz CT molecular complexity index is 898. The summed E-state index contributed by atoms with van der Waals surface area (Å²) in [5.41, 5.74) is -0.301. The van der Waals surface area contributed by atoms with E-state index < -0.39 is 29.0 Å². The third-order valence-corrected chi connectivity index (χ3v) is 4.32. The number of rotatable bonds is 2. The Morgan fingerprint density at radius 3 is 2.08 bits per heavy atom. The topological polar surface area (TPSA) is 73.5 Å². The molecule has 0 aliphatic carbocycles. The van der Waals surface area contributed by atoms with Crippen LogP contribution in [-0.4, -0.2) is 52.8 Å². The average molecular weight is 361 g/mol. The van der Waals surface area contributed by atoms with E-state index in [-0.39, 0.29) is 37.2 Å². The van der Waals surface area contributed by atoms with E-state index in [1.807, 2.05) is 0 Å². The number of piperazine rings is 1. The quantitative estimate of drug-likeness (QED) is 0.882. The van der Waals surface area contributed by atoms with Crippen LogP contribution in [0.1, 0.15) is 26.4 Å². The second-order valence-corrected chi connectivity index (χ2v) is 6.08. The van der Waals surface area contributed by atoms with Gasteiger partial charge in [-0.05, 0) is 19.1 Å². The number of aromatic amines is 1. The predicted octanol–water partition coefficient (Wildman–Crippen LogP) is 1.56. The number of nitrogens with zero attached hydrogens (tertiary/aromatic N) is 2. The van der Waals surface area contributed by atoms with E-state index in [2.05, 4.69) is 4.98 Å². The first-order valence-corrected chi connectivity index (χ1v) is 8.10. The van der Waals surface area contributed by atoms with Crippen LogP contribution in [0.3, 0.4) is 0 Å². The van der Waals surface area contributed by atoms with Gasteiger partial charge in [0, 0.05) is 44.1 Å². The van der Waals surface area contributed by atoms with E-state index >= 15 is 0 Å². The van der Waals surface area contributed by atoms with Crippen molar-refractivity contribution in [1.29, 1.82) is 0 Å². The molecule has 2 heterocycles. The van der Waals surface area contributed by atoms with Gasteiger partial charge in [0.25, 0.3) is 11.8 Å². The molecule has 1 fully saturated rings. The average Bonchev–Trinajstić information content (AvgIpc) is 2.61. The normalized spacial score (nSPS) is 14.4. The van der Waals surface area contributed by atoms with Crippen LogP contribution in [0.25, 0.3) is 0 Å². The smallest absolute Gasteiger partial charge is 0.259 e. The lowest BCUT2D eigenvalue weighted by molar-refractivity contribution is 0.0529. The number of carbonyl (C=O) groups is 2. The van der Waals surface area contributed by atoms with Gasteiger partial charge in [0.2, 0.25) is 0 Å². The van der Waals surface area contributed by atoms with Gasteiger partial charge < -0.3 is 14.8 Å². The summed E-state index contributed by atoms with van der Waals surface area (Å²) in [5.74, 6) is -3.02. The molecule has 1 saturated heterocycles. The number of aryl methyl sites for hydroxylation is 1. The van der Waals surface area contributed by atoms with Gasteiger partial charge in [-0.15, -0.1) is 0 Å². The Hall–Kier alpha value is -3.03. The molecule has 0 atom stereocenters. The van der Waals surface area contributed by atoms with Crippen molar-refractivity contribution in [2.24, 2.45) is 0 Å². The van der Waals surface area contributed by atoms with E-state index in [0.29, 0.717) is 5.69 Å². The summed E-state index contributed by atoms with van der Waals surface area (Å²) < 4.78 is 27.5. The molecule has 6 nitrogen and oxygen atoms in total. The number of amides is 2. The Morgan fingerprint density at radius 2 is 1.54 bits per heavy atom. The summed E-state index contributed by atoms with van der Waals surface area (Å²) >= 11 is 0. The van der Waals surface area contributed by atoms with E-state index in [1.54, 1.807) is 6.92 Å². The fourth-order valence-electron chi connectivity index (χ4n) is 2.88. The van der Waals surface area contributed by atoms with Gasteiger partial charge in [0.1, 0.15) is 22.8 Å². The Kier molecular flexibility index (Phi) is 4.83. The largest absolute Gasteiger partial charge is 0.364 e. The van der Waals surface area contributed by atoms with Crippen LogP contribution in [-0.2, 0) is 0 Å². The Labute approximate surface area is 148 Å². The Morgan fingerprint density at radius 1 is 1.00 bits per heavy atom. The first-order chi connectivity index (χ1) is 12.4. The van der Waals surface area contributed by atoms with Gasteiger partial charge in [-0.1, -0.05) is 6.07 Å². The van der Waals surface area contributed by atoms with Crippen molar-refractivity contribution < 1.29 is 18.4 Å². The lowest BCUT2D eigenvalue weighted by Crippen LogP contribution is -2.51. The minimum Gasteiger partial charge on any atom is -0.364 e. The highest BCUT2D eigenvalue weighted by molar-refractivity contribution is 5.96. The van der Waals surface area contributed by atoms with Crippen LogP contribution in [0.4, 0.5) is 8.78 Å². The number of halogens is 2. The standard InChI is InChI=1S/C18H17F2N3O3/c1-11-9-15(24)12(10-21-11)17(25)22-5-7-23(8-6-22)18(26)16-13(19)3-2-4-14(16)20/h2-4,9-10H,5-8H2,1H3,(H,21,24). The van der Waals surface area contributed by atoms with E-state index in [4.69, 9.17) is 0 Å². The second-order valence-electron chi connectivity index (χ2n) is 6.08. The lowest BCUT2D eigenvalue weighted by atomic mass is 10.1. The minimum absolute atomic E-state index is 0.0236. The molecule has 2 aromatic rings. The summed E-state index contributed by atoms with van der Waals surface area (Å²) in [7, 11) is 0. The molecule has 1 aliphatic rings. The van der Waals surface area contributed by atoms with Gasteiger partial charge >= 0.3 is 0 Å². The van der Waals surface area contributed by atoms with Crippen LogP contribution in [0, 0.1) is 18.6 Å². The first kappa shape index (κ1) is 17.8. The summed E-state index contributed by atoms with van der Waals surface area (Å²) in [6.45, 7) is 2.31. The zero-order chi connectivity index (χ0) is 18.8. The number of H-pyrrole nitrogens is 1. The van der Waals surface area contributed by atoms with Crippen LogP contribution >= 0.6 is 0 Å². The summed E-state index contributed by atoms with van der Waals surface area (Å²) in [5, 5.41) is 0. The molecule has 26 heavy (non-hydrogen) atoms. The van der Waals surface area contributed by atoms with Crippen molar-refractivity contribution in [3.8, 4) is 0 Å². The maximum absolute atomic E-state index is 13.8. The number of aromatic nitrogens is 1. The molecule has 0 saturated carbocycles. The molecule has 2 amide bonds. The fraction of sp³-hybridized carbons (Fsp3) is 0.278. The van der Waals surface area contributed by atoms with Crippen molar-refractivity contribution in [2.45, 2.75) is 6.92 Å². The van der Waals surface area contributed by atoms with Crippen LogP contribution in [0.15, 0.2) is 35.3 Å². The number of hydrogen-bond acceptors (Lipinski definition) is 3. The van der Waals surface area contributed by atoms with Gasteiger partial charge in [-0.2, -0.15) is 0 Å². The van der Waals surface area contributed by atoms with Crippen molar-refractivity contribution in [3.05, 3.63) is 69.1 Å². The van der Waals surface area contributed by atoms with Gasteiger partial charge in [-0.3, -0.25) is 14.4 Å². The molecule has 8 heteroatoms. The number of carbonyl (C=O) groups excluding carboxylic acids is 2. The van der Waals surface area contributed by atoms with Crippen molar-refractivity contribution in [2.75, 3.05) is 26.2 Å². The lowest BCUT2D eigenvalue weighted by Gasteiger charge is -2.34. The Balaban J connectivity index is 1.70. The number of benzene rings is 1. The minimum atomic E-state index is -0.917. The van der Waals surface area contributed by atoms with Crippen molar-refractivity contribution >= 4 is 11.8 Å². The molecule has 136 valence electrons.